The van der Waals surface area contributed by atoms with Crippen molar-refractivity contribution in [2.75, 3.05) is 24.2 Å². The van der Waals surface area contributed by atoms with Crippen LogP contribution in [0.15, 0.2) is 18.3 Å². The average Bonchev–Trinajstić information content (AvgIpc) is 3.18. The first-order valence-corrected chi connectivity index (χ1v) is 9.64. The van der Waals surface area contributed by atoms with E-state index in [2.05, 4.69) is 28.5 Å². The number of aromatic nitrogens is 5. The molecule has 1 aliphatic carbocycles. The van der Waals surface area contributed by atoms with Gasteiger partial charge >= 0.3 is 0 Å². The highest BCUT2D eigenvalue weighted by atomic mass is 16.3. The van der Waals surface area contributed by atoms with Gasteiger partial charge in [0.2, 0.25) is 0 Å². The fourth-order valence-electron chi connectivity index (χ4n) is 3.82. The van der Waals surface area contributed by atoms with Crippen LogP contribution in [0.5, 0.6) is 0 Å². The van der Waals surface area contributed by atoms with Crippen LogP contribution in [-0.4, -0.2) is 42.6 Å². The molecule has 0 amide bonds. The molecular formula is C19H27N7O. The van der Waals surface area contributed by atoms with Gasteiger partial charge in [-0.25, -0.2) is 4.98 Å². The first-order valence-electron chi connectivity index (χ1n) is 9.64. The van der Waals surface area contributed by atoms with Gasteiger partial charge in [0.15, 0.2) is 5.65 Å². The molecule has 3 aromatic heterocycles. The zero-order chi connectivity index (χ0) is 19.0. The predicted octanol–water partition coefficient (Wildman–Crippen LogP) is 1.98. The van der Waals surface area contributed by atoms with Crippen LogP contribution in [0.3, 0.4) is 0 Å². The molecule has 27 heavy (non-hydrogen) atoms. The maximum absolute atomic E-state index is 9.35. The molecule has 2 unspecified atom stereocenters. The minimum absolute atomic E-state index is 0.241. The zero-order valence-corrected chi connectivity index (χ0v) is 15.9. The summed E-state index contributed by atoms with van der Waals surface area (Å²) in [5.74, 6) is 1.68. The quantitative estimate of drug-likeness (QED) is 0.588. The molecule has 0 spiro atoms. The van der Waals surface area contributed by atoms with Crippen molar-refractivity contribution < 1.29 is 5.11 Å². The number of nitrogens with two attached hydrogens (primary N) is 1. The lowest BCUT2D eigenvalue weighted by Gasteiger charge is -2.35. The van der Waals surface area contributed by atoms with E-state index in [1.165, 1.54) is 0 Å². The Balaban J connectivity index is 1.41. The minimum atomic E-state index is 0.241. The van der Waals surface area contributed by atoms with Crippen LogP contribution in [-0.2, 0) is 12.8 Å². The second-order valence-electron chi connectivity index (χ2n) is 7.27. The van der Waals surface area contributed by atoms with E-state index in [4.69, 9.17) is 10.7 Å². The second-order valence-corrected chi connectivity index (χ2v) is 7.27. The maximum atomic E-state index is 9.35. The number of hydrogen-bond acceptors (Lipinski definition) is 6. The van der Waals surface area contributed by atoms with Crippen molar-refractivity contribution in [3.05, 3.63) is 35.3 Å². The van der Waals surface area contributed by atoms with Crippen molar-refractivity contribution in [3.63, 3.8) is 0 Å². The molecule has 4 N–H and O–H groups in total. The third kappa shape index (κ3) is 3.25. The molecule has 4 rings (SSSR count). The number of nitrogen functional groups attached to an aromatic ring is 1. The Morgan fingerprint density at radius 2 is 2.19 bits per heavy atom. The zero-order valence-electron chi connectivity index (χ0n) is 15.9. The van der Waals surface area contributed by atoms with Crippen LogP contribution in [0.2, 0.25) is 0 Å². The van der Waals surface area contributed by atoms with E-state index < -0.39 is 0 Å². The Bertz CT molecular complexity index is 943. The van der Waals surface area contributed by atoms with Crippen molar-refractivity contribution in [3.8, 4) is 0 Å². The topological polar surface area (TPSA) is 106 Å². The van der Waals surface area contributed by atoms with Crippen molar-refractivity contribution >= 4 is 17.3 Å². The molecule has 144 valence electrons. The van der Waals surface area contributed by atoms with E-state index in [1.54, 1.807) is 4.52 Å². The van der Waals surface area contributed by atoms with Gasteiger partial charge in [-0.1, -0.05) is 6.92 Å². The number of rotatable bonds is 7. The first-order chi connectivity index (χ1) is 13.1. The number of aliphatic hydroxyl groups is 1. The molecule has 8 heteroatoms. The molecule has 0 saturated heterocycles. The van der Waals surface area contributed by atoms with Gasteiger partial charge in [-0.2, -0.15) is 14.7 Å². The van der Waals surface area contributed by atoms with Crippen LogP contribution in [0, 0.1) is 12.8 Å². The summed E-state index contributed by atoms with van der Waals surface area (Å²) in [6.45, 7) is 5.05. The molecule has 0 aromatic carbocycles. The summed E-state index contributed by atoms with van der Waals surface area (Å²) in [7, 11) is 0. The van der Waals surface area contributed by atoms with Crippen LogP contribution in [0.1, 0.15) is 42.8 Å². The second kappa shape index (κ2) is 7.19. The molecule has 0 radical (unpaired) electrons. The van der Waals surface area contributed by atoms with Gasteiger partial charge in [0, 0.05) is 43.3 Å². The average molecular weight is 369 g/mol. The molecule has 1 saturated carbocycles. The standard InChI is InChI=1S/C19H27N7O/c1-3-15-12(2)23-26-17(20)10-18(22-19(15)26)21-8-6-14-7-9-25(24-14)16-5-4-13(16)11-27/h7,9-10,13,16,27H,3-6,8,11,20H2,1-2H3,(H,21,22). The number of aryl methyl sites for hydroxylation is 2. The molecule has 2 atom stereocenters. The molecular weight excluding hydrogens is 342 g/mol. The van der Waals surface area contributed by atoms with Crippen molar-refractivity contribution in [2.45, 2.75) is 45.6 Å². The number of hydrogen-bond donors (Lipinski definition) is 3. The third-order valence-electron chi connectivity index (χ3n) is 5.57. The first kappa shape index (κ1) is 17.8. The minimum Gasteiger partial charge on any atom is -0.396 e. The van der Waals surface area contributed by atoms with Gasteiger partial charge in [-0.3, -0.25) is 4.68 Å². The summed E-state index contributed by atoms with van der Waals surface area (Å²) in [4.78, 5) is 4.69. The van der Waals surface area contributed by atoms with Gasteiger partial charge in [0.25, 0.3) is 0 Å². The Morgan fingerprint density at radius 1 is 1.33 bits per heavy atom. The normalized spacial score (nSPS) is 19.4. The number of fused-ring (bicyclic) bond motifs is 1. The van der Waals surface area contributed by atoms with Gasteiger partial charge in [0.1, 0.15) is 11.6 Å². The lowest BCUT2D eigenvalue weighted by atomic mass is 9.80. The van der Waals surface area contributed by atoms with Crippen LogP contribution < -0.4 is 11.1 Å². The van der Waals surface area contributed by atoms with Gasteiger partial charge < -0.3 is 16.2 Å². The van der Waals surface area contributed by atoms with Crippen molar-refractivity contribution in [1.29, 1.82) is 0 Å². The predicted molar refractivity (Wildman–Crippen MR) is 105 cm³/mol. The largest absolute Gasteiger partial charge is 0.396 e. The highest BCUT2D eigenvalue weighted by Gasteiger charge is 2.32. The van der Waals surface area contributed by atoms with Crippen molar-refractivity contribution in [2.24, 2.45) is 5.92 Å². The summed E-state index contributed by atoms with van der Waals surface area (Å²) in [5.41, 5.74) is 10.1. The van der Waals surface area contributed by atoms with Gasteiger partial charge in [-0.05, 0) is 32.3 Å². The van der Waals surface area contributed by atoms with E-state index in [0.29, 0.717) is 17.8 Å². The Hall–Kier alpha value is -2.61. The summed E-state index contributed by atoms with van der Waals surface area (Å²) in [5, 5.41) is 21.8. The fraction of sp³-hybridized carbons (Fsp3) is 0.526. The van der Waals surface area contributed by atoms with Crippen LogP contribution >= 0.6 is 0 Å². The smallest absolute Gasteiger partial charge is 0.163 e. The molecule has 1 fully saturated rings. The van der Waals surface area contributed by atoms with E-state index in [0.717, 1.165) is 60.6 Å². The SMILES string of the molecule is CCc1c(C)nn2c(N)cc(NCCc3ccn(C4CCC4CO)n3)nc12. The molecule has 3 aromatic rings. The van der Waals surface area contributed by atoms with Gasteiger partial charge in [0.05, 0.1) is 17.4 Å². The number of anilines is 2. The van der Waals surface area contributed by atoms with E-state index >= 15 is 0 Å². The van der Waals surface area contributed by atoms with Crippen molar-refractivity contribution in [1.82, 2.24) is 24.4 Å². The monoisotopic (exact) mass is 369 g/mol. The van der Waals surface area contributed by atoms with Crippen LogP contribution in [0.4, 0.5) is 11.6 Å². The fourth-order valence-corrected chi connectivity index (χ4v) is 3.82. The Morgan fingerprint density at radius 3 is 2.89 bits per heavy atom. The molecule has 1 aliphatic rings. The molecule has 0 aliphatic heterocycles. The Labute approximate surface area is 158 Å². The molecule has 0 bridgehead atoms. The van der Waals surface area contributed by atoms with Gasteiger partial charge in [-0.15, -0.1) is 0 Å². The lowest BCUT2D eigenvalue weighted by Crippen LogP contribution is -2.31. The van der Waals surface area contributed by atoms with E-state index in [1.807, 2.05) is 23.9 Å². The van der Waals surface area contributed by atoms with E-state index in [9.17, 15) is 5.11 Å². The van der Waals surface area contributed by atoms with Crippen LogP contribution in [0.25, 0.3) is 5.65 Å². The number of nitrogens with one attached hydrogen (secondary N) is 1. The lowest BCUT2D eigenvalue weighted by molar-refractivity contribution is 0.0892. The third-order valence-corrected chi connectivity index (χ3v) is 5.57. The molecule has 3 heterocycles. The highest BCUT2D eigenvalue weighted by Crippen LogP contribution is 2.37. The summed E-state index contributed by atoms with van der Waals surface area (Å²) < 4.78 is 3.71. The van der Waals surface area contributed by atoms with E-state index in [-0.39, 0.29) is 6.61 Å². The highest BCUT2D eigenvalue weighted by molar-refractivity contribution is 5.60. The summed E-state index contributed by atoms with van der Waals surface area (Å²) in [6, 6.07) is 4.21. The number of aliphatic hydroxyl groups excluding tert-OH is 1. The number of nitrogens with zero attached hydrogens (tertiary/aromatic N) is 5. The molecule has 8 nitrogen and oxygen atoms in total. The summed E-state index contributed by atoms with van der Waals surface area (Å²) in [6.07, 6.45) is 5.88. The maximum Gasteiger partial charge on any atom is 0.163 e. The Kier molecular flexibility index (Phi) is 4.73. The summed E-state index contributed by atoms with van der Waals surface area (Å²) >= 11 is 0.